The smallest absolute Gasteiger partial charge is 0.231 e. The fraction of sp³-hybridized carbons (Fsp3) is 0.308. The van der Waals surface area contributed by atoms with Gasteiger partial charge in [0.1, 0.15) is 0 Å². The van der Waals surface area contributed by atoms with Crippen molar-refractivity contribution in [2.75, 3.05) is 21.0 Å². The molecule has 0 spiro atoms. The van der Waals surface area contributed by atoms with Gasteiger partial charge in [0.05, 0.1) is 14.2 Å². The summed E-state index contributed by atoms with van der Waals surface area (Å²) in [6.45, 7) is 1.61. The first kappa shape index (κ1) is 12.3. The zero-order chi connectivity index (χ0) is 13.1. The number of hydrogen-bond donors (Lipinski definition) is 0. The van der Waals surface area contributed by atoms with E-state index in [0.29, 0.717) is 28.6 Å². The van der Waals surface area contributed by atoms with Gasteiger partial charge in [-0.2, -0.15) is 0 Å². The standard InChI is InChI=1S/C13H14O5/c1-8(14)4-5-9-6-10(15-2)12-13(11(9)16-3)18-7-17-12/h4-6H,7H2,1-3H3/b5-4+. The van der Waals surface area contributed by atoms with Crippen molar-refractivity contribution in [1.82, 2.24) is 0 Å². The second-order valence-electron chi connectivity index (χ2n) is 3.71. The largest absolute Gasteiger partial charge is 0.493 e. The maximum Gasteiger partial charge on any atom is 0.231 e. The average Bonchev–Trinajstić information content (AvgIpc) is 2.83. The van der Waals surface area contributed by atoms with Crippen molar-refractivity contribution < 1.29 is 23.7 Å². The molecule has 0 aromatic heterocycles. The highest BCUT2D eigenvalue weighted by Gasteiger charge is 2.26. The lowest BCUT2D eigenvalue weighted by molar-refractivity contribution is -0.112. The molecule has 1 aliphatic heterocycles. The molecule has 1 heterocycles. The molecule has 0 radical (unpaired) electrons. The average molecular weight is 250 g/mol. The molecule has 1 aromatic rings. The molecule has 96 valence electrons. The summed E-state index contributed by atoms with van der Waals surface area (Å²) >= 11 is 0. The fourth-order valence-corrected chi connectivity index (χ4v) is 1.73. The van der Waals surface area contributed by atoms with E-state index in [4.69, 9.17) is 18.9 Å². The summed E-state index contributed by atoms with van der Waals surface area (Å²) < 4.78 is 21.2. The maximum atomic E-state index is 11.0. The molecule has 1 aromatic carbocycles. The minimum atomic E-state index is -0.0475. The molecule has 0 amide bonds. The molecule has 0 aliphatic carbocycles. The Kier molecular flexibility index (Phi) is 3.41. The molecule has 0 atom stereocenters. The van der Waals surface area contributed by atoms with E-state index in [1.807, 2.05) is 0 Å². The Hall–Kier alpha value is -2.17. The highest BCUT2D eigenvalue weighted by atomic mass is 16.7. The molecule has 0 saturated heterocycles. The van der Waals surface area contributed by atoms with Gasteiger partial charge in [0.15, 0.2) is 17.3 Å². The molecule has 2 rings (SSSR count). The van der Waals surface area contributed by atoms with Crippen LogP contribution in [-0.4, -0.2) is 26.8 Å². The van der Waals surface area contributed by atoms with Gasteiger partial charge in [0, 0.05) is 5.56 Å². The summed E-state index contributed by atoms with van der Waals surface area (Å²) in [6.07, 6.45) is 3.12. The van der Waals surface area contributed by atoms with E-state index in [9.17, 15) is 4.79 Å². The number of carbonyl (C=O) groups excluding carboxylic acids is 1. The highest BCUT2D eigenvalue weighted by Crippen LogP contribution is 2.49. The number of methoxy groups -OCH3 is 2. The van der Waals surface area contributed by atoms with Gasteiger partial charge in [-0.05, 0) is 25.1 Å². The predicted octanol–water partition coefficient (Wildman–Crippen LogP) is 2.03. The number of ketones is 1. The van der Waals surface area contributed by atoms with Gasteiger partial charge in [-0.3, -0.25) is 4.79 Å². The number of allylic oxidation sites excluding steroid dienone is 1. The summed E-state index contributed by atoms with van der Waals surface area (Å²) in [5.74, 6) is 2.05. The Morgan fingerprint density at radius 1 is 1.28 bits per heavy atom. The molecule has 0 fully saturated rings. The number of ether oxygens (including phenoxy) is 4. The fourth-order valence-electron chi connectivity index (χ4n) is 1.73. The molecule has 18 heavy (non-hydrogen) atoms. The van der Waals surface area contributed by atoms with E-state index < -0.39 is 0 Å². The van der Waals surface area contributed by atoms with Crippen molar-refractivity contribution in [3.8, 4) is 23.0 Å². The van der Waals surface area contributed by atoms with Gasteiger partial charge in [0.25, 0.3) is 0 Å². The summed E-state index contributed by atoms with van der Waals surface area (Å²) in [5, 5.41) is 0. The maximum absolute atomic E-state index is 11.0. The number of fused-ring (bicyclic) bond motifs is 1. The minimum Gasteiger partial charge on any atom is -0.493 e. The number of benzene rings is 1. The highest BCUT2D eigenvalue weighted by molar-refractivity contribution is 5.92. The van der Waals surface area contributed by atoms with Crippen molar-refractivity contribution in [2.24, 2.45) is 0 Å². The van der Waals surface area contributed by atoms with Crippen LogP contribution in [0.15, 0.2) is 12.1 Å². The summed E-state index contributed by atoms with van der Waals surface area (Å²) in [7, 11) is 3.08. The van der Waals surface area contributed by atoms with Crippen LogP contribution in [0, 0.1) is 0 Å². The van der Waals surface area contributed by atoms with E-state index in [2.05, 4.69) is 0 Å². The first-order valence-electron chi connectivity index (χ1n) is 5.40. The van der Waals surface area contributed by atoms with Crippen LogP contribution < -0.4 is 18.9 Å². The van der Waals surface area contributed by atoms with Crippen LogP contribution >= 0.6 is 0 Å². The lowest BCUT2D eigenvalue weighted by Gasteiger charge is -2.11. The van der Waals surface area contributed by atoms with Crippen LogP contribution in [0.3, 0.4) is 0 Å². The third-order valence-electron chi connectivity index (χ3n) is 2.51. The quantitative estimate of drug-likeness (QED) is 0.765. The zero-order valence-electron chi connectivity index (χ0n) is 10.5. The van der Waals surface area contributed by atoms with E-state index in [1.165, 1.54) is 20.1 Å². The summed E-state index contributed by atoms with van der Waals surface area (Å²) in [6, 6.07) is 1.74. The van der Waals surface area contributed by atoms with E-state index in [-0.39, 0.29) is 12.6 Å². The topological polar surface area (TPSA) is 54.0 Å². The van der Waals surface area contributed by atoms with Gasteiger partial charge in [-0.15, -0.1) is 0 Å². The zero-order valence-corrected chi connectivity index (χ0v) is 10.5. The third-order valence-corrected chi connectivity index (χ3v) is 2.51. The van der Waals surface area contributed by atoms with Crippen molar-refractivity contribution in [3.05, 3.63) is 17.7 Å². The first-order chi connectivity index (χ1) is 8.67. The van der Waals surface area contributed by atoms with Crippen LogP contribution in [0.2, 0.25) is 0 Å². The lowest BCUT2D eigenvalue weighted by Crippen LogP contribution is -1.94. The Morgan fingerprint density at radius 3 is 2.61 bits per heavy atom. The normalized spacial score (nSPS) is 12.8. The van der Waals surface area contributed by atoms with Crippen molar-refractivity contribution >= 4 is 11.9 Å². The Labute approximate surface area is 105 Å². The molecule has 0 bridgehead atoms. The van der Waals surface area contributed by atoms with Gasteiger partial charge < -0.3 is 18.9 Å². The molecule has 0 N–H and O–H groups in total. The van der Waals surface area contributed by atoms with Gasteiger partial charge >= 0.3 is 0 Å². The van der Waals surface area contributed by atoms with Gasteiger partial charge in [0.2, 0.25) is 18.3 Å². The number of carbonyl (C=O) groups is 1. The van der Waals surface area contributed by atoms with Crippen LogP contribution in [0.25, 0.3) is 6.08 Å². The summed E-state index contributed by atoms with van der Waals surface area (Å²) in [4.78, 5) is 11.0. The molecule has 5 heteroatoms. The molecule has 5 nitrogen and oxygen atoms in total. The third kappa shape index (κ3) is 2.11. The number of rotatable bonds is 4. The van der Waals surface area contributed by atoms with Crippen molar-refractivity contribution in [2.45, 2.75) is 6.92 Å². The van der Waals surface area contributed by atoms with E-state index >= 15 is 0 Å². The SMILES string of the molecule is COc1cc(/C=C/C(C)=O)c(OC)c2c1OCO2. The monoisotopic (exact) mass is 250 g/mol. The van der Waals surface area contributed by atoms with Crippen LogP contribution in [0.5, 0.6) is 23.0 Å². The molecular weight excluding hydrogens is 236 g/mol. The van der Waals surface area contributed by atoms with E-state index in [1.54, 1.807) is 19.3 Å². The van der Waals surface area contributed by atoms with E-state index in [0.717, 1.165) is 0 Å². The second-order valence-corrected chi connectivity index (χ2v) is 3.71. The van der Waals surface area contributed by atoms with Crippen LogP contribution in [0.1, 0.15) is 12.5 Å². The molecule has 1 aliphatic rings. The van der Waals surface area contributed by atoms with Crippen molar-refractivity contribution in [3.63, 3.8) is 0 Å². The van der Waals surface area contributed by atoms with Crippen molar-refractivity contribution in [1.29, 1.82) is 0 Å². The van der Waals surface area contributed by atoms with Gasteiger partial charge in [-0.1, -0.05) is 0 Å². The molecule has 0 saturated carbocycles. The van der Waals surface area contributed by atoms with Gasteiger partial charge in [-0.25, -0.2) is 0 Å². The first-order valence-corrected chi connectivity index (χ1v) is 5.40. The Morgan fingerprint density at radius 2 is 2.00 bits per heavy atom. The minimum absolute atomic E-state index is 0.0475. The molecule has 0 unspecified atom stereocenters. The van der Waals surface area contributed by atoms with Crippen LogP contribution in [-0.2, 0) is 4.79 Å². The molecular formula is C13H14O5. The second kappa shape index (κ2) is 5.00. The Balaban J connectivity index is 2.55. The lowest BCUT2D eigenvalue weighted by atomic mass is 10.1. The van der Waals surface area contributed by atoms with Crippen LogP contribution in [0.4, 0.5) is 0 Å². The number of hydrogen-bond acceptors (Lipinski definition) is 5. The predicted molar refractivity (Wildman–Crippen MR) is 65.4 cm³/mol. The Bertz CT molecular complexity index is 505. The summed E-state index contributed by atoms with van der Waals surface area (Å²) in [5.41, 5.74) is 0.703.